The fourth-order valence-corrected chi connectivity index (χ4v) is 1.70. The molecule has 1 aliphatic carbocycles. The molecule has 1 aromatic rings. The number of nitriles is 2. The Morgan fingerprint density at radius 3 is 2.71 bits per heavy atom. The lowest BCUT2D eigenvalue weighted by Gasteiger charge is -2.10. The van der Waals surface area contributed by atoms with E-state index in [2.05, 4.69) is 24.4 Å². The maximum Gasteiger partial charge on any atom is 0.158 e. The molecule has 17 heavy (non-hydrogen) atoms. The first-order valence-electron chi connectivity index (χ1n) is 5.27. The van der Waals surface area contributed by atoms with Gasteiger partial charge < -0.3 is 0 Å². The molecule has 0 N–H and O–H groups in total. The van der Waals surface area contributed by atoms with Crippen molar-refractivity contribution >= 4 is 5.57 Å². The third-order valence-electron chi connectivity index (χ3n) is 2.56. The van der Waals surface area contributed by atoms with Gasteiger partial charge in [-0.3, -0.25) is 0 Å². The highest BCUT2D eigenvalue weighted by Gasteiger charge is 2.09. The molecule has 2 rings (SSSR count). The summed E-state index contributed by atoms with van der Waals surface area (Å²) >= 11 is 0. The molecule has 1 heterocycles. The number of allylic oxidation sites excluding steroid dienone is 4. The summed E-state index contributed by atoms with van der Waals surface area (Å²) in [6.07, 6.45) is 7.06. The van der Waals surface area contributed by atoms with E-state index in [1.165, 1.54) is 5.57 Å². The highest BCUT2D eigenvalue weighted by molar-refractivity contribution is 5.75. The van der Waals surface area contributed by atoms with E-state index >= 15 is 0 Å². The molecule has 0 unspecified atom stereocenters. The third-order valence-corrected chi connectivity index (χ3v) is 2.56. The van der Waals surface area contributed by atoms with E-state index in [1.807, 2.05) is 18.2 Å². The van der Waals surface area contributed by atoms with Crippen LogP contribution in [0.2, 0.25) is 0 Å². The molecular weight excluding hydrogens is 210 g/mol. The van der Waals surface area contributed by atoms with Gasteiger partial charge in [0.2, 0.25) is 0 Å². The molecule has 1 aromatic heterocycles. The van der Waals surface area contributed by atoms with Gasteiger partial charge in [-0.1, -0.05) is 17.7 Å². The summed E-state index contributed by atoms with van der Waals surface area (Å²) in [7, 11) is 0. The van der Waals surface area contributed by atoms with Crippen LogP contribution < -0.4 is 0 Å². The molecule has 0 saturated carbocycles. The lowest BCUT2D eigenvalue weighted by Crippen LogP contribution is -1.97. The number of nitrogens with zero attached hydrogens (tertiary/aromatic N) is 3. The van der Waals surface area contributed by atoms with Crippen molar-refractivity contribution in [2.45, 2.75) is 13.3 Å². The molecule has 1 radical (unpaired) electrons. The molecule has 0 aromatic carbocycles. The molecular formula is C14H10N3. The van der Waals surface area contributed by atoms with Gasteiger partial charge in [-0.2, -0.15) is 10.5 Å². The highest BCUT2D eigenvalue weighted by atomic mass is 14.7. The van der Waals surface area contributed by atoms with Crippen molar-refractivity contribution in [1.82, 2.24) is 4.98 Å². The lowest BCUT2D eigenvalue weighted by atomic mass is 9.98. The van der Waals surface area contributed by atoms with E-state index in [-0.39, 0.29) is 5.69 Å². The molecule has 3 nitrogen and oxygen atoms in total. The minimum atomic E-state index is 0.183. The molecule has 0 amide bonds. The molecule has 81 valence electrons. The quantitative estimate of drug-likeness (QED) is 0.731. The number of rotatable bonds is 1. The van der Waals surface area contributed by atoms with Crippen LogP contribution >= 0.6 is 0 Å². The van der Waals surface area contributed by atoms with Gasteiger partial charge in [0, 0.05) is 0 Å². The first-order chi connectivity index (χ1) is 8.24. The Labute approximate surface area is 100 Å². The van der Waals surface area contributed by atoms with Crippen molar-refractivity contribution in [3.63, 3.8) is 0 Å². The van der Waals surface area contributed by atoms with E-state index in [0.29, 0.717) is 5.56 Å². The van der Waals surface area contributed by atoms with Crippen molar-refractivity contribution in [1.29, 1.82) is 10.5 Å². The Morgan fingerprint density at radius 1 is 1.24 bits per heavy atom. The predicted octanol–water partition coefficient (Wildman–Crippen LogP) is 2.76. The Bertz CT molecular complexity index is 595. The molecule has 1 aliphatic rings. The first kappa shape index (κ1) is 11.1. The molecule has 0 bridgehead atoms. The average molecular weight is 220 g/mol. The molecule has 0 atom stereocenters. The van der Waals surface area contributed by atoms with Crippen LogP contribution in [0.15, 0.2) is 29.9 Å². The fraction of sp³-hybridized carbons (Fsp3) is 0.143. The monoisotopic (exact) mass is 220 g/mol. The normalized spacial score (nSPS) is 14.3. The molecule has 3 heteroatoms. The zero-order chi connectivity index (χ0) is 12.3. The van der Waals surface area contributed by atoms with Crippen LogP contribution in [-0.2, 0) is 0 Å². The van der Waals surface area contributed by atoms with Crippen molar-refractivity contribution in [3.8, 4) is 12.1 Å². The topological polar surface area (TPSA) is 60.5 Å². The van der Waals surface area contributed by atoms with E-state index in [1.54, 1.807) is 12.1 Å². The minimum Gasteiger partial charge on any atom is -0.236 e. The van der Waals surface area contributed by atoms with Crippen molar-refractivity contribution in [2.75, 3.05) is 0 Å². The van der Waals surface area contributed by atoms with Gasteiger partial charge in [-0.15, -0.1) is 0 Å². The summed E-state index contributed by atoms with van der Waals surface area (Å²) < 4.78 is 0. The van der Waals surface area contributed by atoms with E-state index in [9.17, 15) is 0 Å². The van der Waals surface area contributed by atoms with Crippen LogP contribution in [0.1, 0.15) is 30.3 Å². The summed E-state index contributed by atoms with van der Waals surface area (Å²) in [5, 5.41) is 17.7. The summed E-state index contributed by atoms with van der Waals surface area (Å²) in [4.78, 5) is 4.20. The van der Waals surface area contributed by atoms with Gasteiger partial charge in [-0.25, -0.2) is 4.98 Å². The number of pyridine rings is 1. The van der Waals surface area contributed by atoms with Crippen LogP contribution in [0.4, 0.5) is 0 Å². The largest absolute Gasteiger partial charge is 0.236 e. The molecule has 0 spiro atoms. The Morgan fingerprint density at radius 2 is 2.06 bits per heavy atom. The second-order valence-corrected chi connectivity index (χ2v) is 3.87. The summed E-state index contributed by atoms with van der Waals surface area (Å²) in [5.74, 6) is 0. The lowest BCUT2D eigenvalue weighted by molar-refractivity contribution is 1.12. The second kappa shape index (κ2) is 4.63. The van der Waals surface area contributed by atoms with Crippen LogP contribution in [0.3, 0.4) is 0 Å². The van der Waals surface area contributed by atoms with Gasteiger partial charge in [0.05, 0.1) is 11.3 Å². The molecule has 0 aliphatic heterocycles. The number of aromatic nitrogens is 1. The summed E-state index contributed by atoms with van der Waals surface area (Å²) in [6, 6.07) is 7.31. The van der Waals surface area contributed by atoms with Gasteiger partial charge in [0.15, 0.2) is 5.69 Å². The van der Waals surface area contributed by atoms with Crippen molar-refractivity contribution in [2.24, 2.45) is 0 Å². The van der Waals surface area contributed by atoms with Gasteiger partial charge in [0.1, 0.15) is 12.1 Å². The number of hydrogen-bond donors (Lipinski definition) is 0. The smallest absolute Gasteiger partial charge is 0.158 e. The summed E-state index contributed by atoms with van der Waals surface area (Å²) in [6.45, 7) is 2.05. The number of hydrogen-bond acceptors (Lipinski definition) is 3. The Kier molecular flexibility index (Phi) is 3.03. The summed E-state index contributed by atoms with van der Waals surface area (Å²) in [5.41, 5.74) is 3.47. The van der Waals surface area contributed by atoms with Crippen LogP contribution in [0, 0.1) is 29.1 Å². The minimum absolute atomic E-state index is 0.183. The van der Waals surface area contributed by atoms with E-state index in [4.69, 9.17) is 10.5 Å². The van der Waals surface area contributed by atoms with Crippen LogP contribution in [0.25, 0.3) is 5.57 Å². The second-order valence-electron chi connectivity index (χ2n) is 3.87. The maximum atomic E-state index is 8.92. The molecule has 0 fully saturated rings. The fourth-order valence-electron chi connectivity index (χ4n) is 1.70. The zero-order valence-electron chi connectivity index (χ0n) is 9.44. The third kappa shape index (κ3) is 2.24. The van der Waals surface area contributed by atoms with Gasteiger partial charge in [-0.05, 0) is 37.5 Å². The Balaban J connectivity index is 2.46. The van der Waals surface area contributed by atoms with Gasteiger partial charge in [0.25, 0.3) is 0 Å². The standard InChI is InChI=1S/C14H10N3/c1-10-3-2-4-11(7-10)13-6-5-12(8-15)14(9-16)17-13/h2,4-7H,3H2,1H3. The zero-order valence-corrected chi connectivity index (χ0v) is 9.44. The Hall–Kier alpha value is -2.39. The first-order valence-corrected chi connectivity index (χ1v) is 5.27. The highest BCUT2D eigenvalue weighted by Crippen LogP contribution is 2.23. The average Bonchev–Trinajstić information content (AvgIpc) is 2.38. The van der Waals surface area contributed by atoms with E-state index < -0.39 is 0 Å². The molecule has 0 saturated heterocycles. The SMILES string of the molecule is CC1=CC(c2ccc(C#N)c(C#N)n2)=C[CH]C1. The maximum absolute atomic E-state index is 8.92. The van der Waals surface area contributed by atoms with Crippen LogP contribution in [-0.4, -0.2) is 4.98 Å². The van der Waals surface area contributed by atoms with E-state index in [0.717, 1.165) is 17.7 Å². The van der Waals surface area contributed by atoms with Crippen molar-refractivity contribution in [3.05, 3.63) is 53.2 Å². The predicted molar refractivity (Wildman–Crippen MR) is 64.3 cm³/mol. The van der Waals surface area contributed by atoms with Gasteiger partial charge >= 0.3 is 0 Å². The van der Waals surface area contributed by atoms with Crippen LogP contribution in [0.5, 0.6) is 0 Å². The van der Waals surface area contributed by atoms with Crippen molar-refractivity contribution < 1.29 is 0 Å².